The number of rotatable bonds is 6. The van der Waals surface area contributed by atoms with E-state index in [2.05, 4.69) is 36.6 Å². The van der Waals surface area contributed by atoms with Crippen molar-refractivity contribution in [3.63, 3.8) is 0 Å². The predicted molar refractivity (Wildman–Crippen MR) is 109 cm³/mol. The highest BCUT2D eigenvalue weighted by atomic mass is 35.5. The van der Waals surface area contributed by atoms with Crippen LogP contribution in [0.4, 0.5) is 0 Å². The van der Waals surface area contributed by atoms with Gasteiger partial charge in [0.1, 0.15) is 0 Å². The van der Waals surface area contributed by atoms with Crippen LogP contribution in [0.3, 0.4) is 0 Å². The summed E-state index contributed by atoms with van der Waals surface area (Å²) >= 11 is 6.67. The van der Waals surface area contributed by atoms with Crippen molar-refractivity contribution in [3.8, 4) is 0 Å². The molecule has 25 heavy (non-hydrogen) atoms. The van der Waals surface area contributed by atoms with Crippen molar-refractivity contribution in [2.75, 3.05) is 6.54 Å². The highest BCUT2D eigenvalue weighted by Crippen LogP contribution is 2.37. The normalized spacial score (nSPS) is 19.8. The SMILES string of the molecule is C=C(Cc1ccc(C2CCCCC2)c(Cl)c1)N(CC)C1CCCCC1. The Labute approximate surface area is 159 Å². The van der Waals surface area contributed by atoms with Gasteiger partial charge in [0.05, 0.1) is 0 Å². The van der Waals surface area contributed by atoms with Gasteiger partial charge in [-0.3, -0.25) is 0 Å². The zero-order valence-electron chi connectivity index (χ0n) is 15.9. The van der Waals surface area contributed by atoms with Crippen LogP contribution in [0.15, 0.2) is 30.5 Å². The zero-order valence-corrected chi connectivity index (χ0v) is 16.7. The smallest absolute Gasteiger partial charge is 0.0443 e. The highest BCUT2D eigenvalue weighted by molar-refractivity contribution is 6.31. The Hall–Kier alpha value is -0.950. The molecule has 0 amide bonds. The average molecular weight is 360 g/mol. The molecule has 0 spiro atoms. The lowest BCUT2D eigenvalue weighted by molar-refractivity contribution is 0.205. The molecular formula is C23H34ClN. The second-order valence-corrected chi connectivity index (χ2v) is 8.42. The summed E-state index contributed by atoms with van der Waals surface area (Å²) in [4.78, 5) is 2.54. The van der Waals surface area contributed by atoms with Crippen molar-refractivity contribution in [1.29, 1.82) is 0 Å². The van der Waals surface area contributed by atoms with Crippen LogP contribution in [0.5, 0.6) is 0 Å². The fourth-order valence-electron chi connectivity index (χ4n) is 4.90. The summed E-state index contributed by atoms with van der Waals surface area (Å²) in [5, 5.41) is 0.970. The van der Waals surface area contributed by atoms with Crippen molar-refractivity contribution in [2.45, 2.75) is 89.5 Å². The molecule has 0 radical (unpaired) electrons. The summed E-state index contributed by atoms with van der Waals surface area (Å²) in [5.74, 6) is 0.674. The van der Waals surface area contributed by atoms with Gasteiger partial charge >= 0.3 is 0 Å². The van der Waals surface area contributed by atoms with Gasteiger partial charge in [0.2, 0.25) is 0 Å². The number of likely N-dealkylation sites (N-methyl/N-ethyl adjacent to an activating group) is 1. The first-order chi connectivity index (χ1) is 12.2. The minimum absolute atomic E-state index is 0.674. The third-order valence-electron chi connectivity index (χ3n) is 6.28. The Morgan fingerprint density at radius 3 is 2.28 bits per heavy atom. The Kier molecular flexibility index (Phi) is 6.87. The molecule has 0 saturated heterocycles. The van der Waals surface area contributed by atoms with Crippen molar-refractivity contribution in [2.24, 2.45) is 0 Å². The molecule has 3 rings (SSSR count). The third-order valence-corrected chi connectivity index (χ3v) is 6.61. The second kappa shape index (κ2) is 9.12. The van der Waals surface area contributed by atoms with Crippen molar-refractivity contribution in [1.82, 2.24) is 4.90 Å². The van der Waals surface area contributed by atoms with Gasteiger partial charge in [0.25, 0.3) is 0 Å². The summed E-state index contributed by atoms with van der Waals surface area (Å²) in [6, 6.07) is 7.47. The highest BCUT2D eigenvalue weighted by Gasteiger charge is 2.22. The molecule has 1 aromatic carbocycles. The fraction of sp³-hybridized carbons (Fsp3) is 0.652. The van der Waals surface area contributed by atoms with Gasteiger partial charge in [0, 0.05) is 29.7 Å². The first kappa shape index (κ1) is 18.8. The molecule has 0 N–H and O–H groups in total. The summed E-state index contributed by atoms with van der Waals surface area (Å²) in [6.45, 7) is 7.75. The lowest BCUT2D eigenvalue weighted by Gasteiger charge is -2.36. The third kappa shape index (κ3) is 4.82. The van der Waals surface area contributed by atoms with Gasteiger partial charge in [-0.15, -0.1) is 0 Å². The molecule has 0 unspecified atom stereocenters. The topological polar surface area (TPSA) is 3.24 Å². The Morgan fingerprint density at radius 2 is 1.68 bits per heavy atom. The molecule has 2 fully saturated rings. The molecule has 1 aromatic rings. The van der Waals surface area contributed by atoms with Crippen molar-refractivity contribution < 1.29 is 0 Å². The quantitative estimate of drug-likeness (QED) is 0.523. The molecule has 0 bridgehead atoms. The fourth-order valence-corrected chi connectivity index (χ4v) is 5.25. The molecule has 2 aliphatic carbocycles. The van der Waals surface area contributed by atoms with Gasteiger partial charge in [-0.25, -0.2) is 0 Å². The number of allylic oxidation sites excluding steroid dienone is 1. The van der Waals surface area contributed by atoms with Crippen molar-refractivity contribution >= 4 is 11.6 Å². The first-order valence-electron chi connectivity index (χ1n) is 10.4. The van der Waals surface area contributed by atoms with Crippen LogP contribution in [0.25, 0.3) is 0 Å². The van der Waals surface area contributed by atoms with Gasteiger partial charge in [-0.1, -0.05) is 68.8 Å². The number of hydrogen-bond donors (Lipinski definition) is 0. The predicted octanol–water partition coefficient (Wildman–Crippen LogP) is 7.10. The number of benzene rings is 1. The maximum atomic E-state index is 6.67. The van der Waals surface area contributed by atoms with E-state index in [9.17, 15) is 0 Å². The standard InChI is InChI=1S/C23H34ClN/c1-3-25(21-12-8-5-9-13-21)18(2)16-19-14-15-22(23(24)17-19)20-10-6-4-7-11-20/h14-15,17,20-21H,2-13,16H2,1H3. The molecular weight excluding hydrogens is 326 g/mol. The molecule has 138 valence electrons. The molecule has 1 nitrogen and oxygen atoms in total. The van der Waals surface area contributed by atoms with E-state index in [1.165, 1.54) is 81.0 Å². The minimum atomic E-state index is 0.674. The summed E-state index contributed by atoms with van der Waals surface area (Å²) < 4.78 is 0. The number of nitrogens with zero attached hydrogens (tertiary/aromatic N) is 1. The van der Waals surface area contributed by atoms with Gasteiger partial charge in [-0.2, -0.15) is 0 Å². The maximum Gasteiger partial charge on any atom is 0.0443 e. The van der Waals surface area contributed by atoms with Crippen molar-refractivity contribution in [3.05, 3.63) is 46.6 Å². The Bertz CT molecular complexity index is 567. The van der Waals surface area contributed by atoms with Crippen LogP contribution in [0.1, 0.15) is 88.2 Å². The lowest BCUT2D eigenvalue weighted by atomic mass is 9.83. The van der Waals surface area contributed by atoms with E-state index >= 15 is 0 Å². The number of halogens is 1. The summed E-state index contributed by atoms with van der Waals surface area (Å²) in [5.41, 5.74) is 3.94. The largest absolute Gasteiger partial charge is 0.372 e. The Balaban J connectivity index is 1.65. The summed E-state index contributed by atoms with van der Waals surface area (Å²) in [7, 11) is 0. The number of hydrogen-bond acceptors (Lipinski definition) is 1. The van der Waals surface area contributed by atoms with E-state index in [1.54, 1.807) is 0 Å². The first-order valence-corrected chi connectivity index (χ1v) is 10.8. The Morgan fingerprint density at radius 1 is 1.04 bits per heavy atom. The molecule has 2 saturated carbocycles. The molecule has 0 heterocycles. The van der Waals surface area contributed by atoms with E-state index in [1.807, 2.05) is 0 Å². The maximum absolute atomic E-state index is 6.67. The van der Waals surface area contributed by atoms with Crippen LogP contribution < -0.4 is 0 Å². The monoisotopic (exact) mass is 359 g/mol. The lowest BCUT2D eigenvalue weighted by Crippen LogP contribution is -2.36. The molecule has 2 aliphatic rings. The molecule has 2 heteroatoms. The van der Waals surface area contributed by atoms with Gasteiger partial charge < -0.3 is 4.90 Å². The van der Waals surface area contributed by atoms with Crippen LogP contribution in [-0.2, 0) is 6.42 Å². The van der Waals surface area contributed by atoms with Gasteiger partial charge in [-0.05, 0) is 55.7 Å². The van der Waals surface area contributed by atoms with E-state index in [0.29, 0.717) is 12.0 Å². The van der Waals surface area contributed by atoms with Crippen LogP contribution in [0, 0.1) is 0 Å². The molecule has 0 aliphatic heterocycles. The average Bonchev–Trinajstić information content (AvgIpc) is 2.64. The van der Waals surface area contributed by atoms with Gasteiger partial charge in [0.15, 0.2) is 0 Å². The van der Waals surface area contributed by atoms with E-state index in [0.717, 1.165) is 18.0 Å². The minimum Gasteiger partial charge on any atom is -0.372 e. The summed E-state index contributed by atoms with van der Waals surface area (Å²) in [6.07, 6.45) is 14.4. The van der Waals surface area contributed by atoms with E-state index in [4.69, 9.17) is 11.6 Å². The molecule has 0 atom stereocenters. The van der Waals surface area contributed by atoms with E-state index in [-0.39, 0.29) is 0 Å². The second-order valence-electron chi connectivity index (χ2n) is 8.01. The van der Waals surface area contributed by atoms with Crippen LogP contribution in [0.2, 0.25) is 5.02 Å². The molecule has 0 aromatic heterocycles. The van der Waals surface area contributed by atoms with Crippen LogP contribution >= 0.6 is 11.6 Å². The zero-order chi connectivity index (χ0) is 17.6. The van der Waals surface area contributed by atoms with Crippen LogP contribution in [-0.4, -0.2) is 17.5 Å². The van der Waals surface area contributed by atoms with E-state index < -0.39 is 0 Å².